The first-order valence-corrected chi connectivity index (χ1v) is 2.33. The summed E-state index contributed by atoms with van der Waals surface area (Å²) < 4.78 is 0. The Labute approximate surface area is 59.5 Å². The van der Waals surface area contributed by atoms with E-state index in [1.807, 2.05) is 0 Å². The average Bonchev–Trinajstić information content (AvgIpc) is 1.66. The van der Waals surface area contributed by atoms with Gasteiger partial charge in [0.2, 0.25) is 0 Å². The van der Waals surface area contributed by atoms with Gasteiger partial charge in [-0.3, -0.25) is 10.2 Å². The highest BCUT2D eigenvalue weighted by Crippen LogP contribution is 1.42. The molecule has 62 valence electrons. The highest BCUT2D eigenvalue weighted by Gasteiger charge is 1.65. The standard InChI is InChI=1S/C2H4O2.CH5N3.CH5N/c1-2(3)4;2-1(3)4;1-2/h1H3,(H,3,4);(H5,2,3,4);2H2,1H3. The Morgan fingerprint density at radius 1 is 1.40 bits per heavy atom. The molecule has 0 unspecified atom stereocenters. The molecular weight excluding hydrogens is 136 g/mol. The third-order valence-corrected chi connectivity index (χ3v) is 0. The van der Waals surface area contributed by atoms with E-state index >= 15 is 0 Å². The van der Waals surface area contributed by atoms with Crippen LogP contribution >= 0.6 is 0 Å². The fraction of sp³-hybridized carbons (Fsp3) is 0.500. The summed E-state index contributed by atoms with van der Waals surface area (Å²) in [5.41, 5.74) is 13.4. The van der Waals surface area contributed by atoms with Crippen LogP contribution < -0.4 is 17.2 Å². The van der Waals surface area contributed by atoms with E-state index in [0.29, 0.717) is 0 Å². The second kappa shape index (κ2) is 15.6. The Hall–Kier alpha value is -1.30. The van der Waals surface area contributed by atoms with Gasteiger partial charge < -0.3 is 22.3 Å². The van der Waals surface area contributed by atoms with Crippen LogP contribution in [0.15, 0.2) is 0 Å². The number of hydrogen-bond donors (Lipinski definition) is 5. The third kappa shape index (κ3) is 129. The molecule has 0 saturated heterocycles. The zero-order chi connectivity index (χ0) is 9.15. The van der Waals surface area contributed by atoms with Crippen LogP contribution in [0.25, 0.3) is 0 Å². The Morgan fingerprint density at radius 3 is 1.40 bits per heavy atom. The molecule has 0 spiro atoms. The van der Waals surface area contributed by atoms with Crippen LogP contribution in [0.5, 0.6) is 0 Å². The smallest absolute Gasteiger partial charge is 0.300 e. The average molecular weight is 150 g/mol. The Balaban J connectivity index is -0.0000000787. The molecule has 10 heavy (non-hydrogen) atoms. The highest BCUT2D eigenvalue weighted by molar-refractivity contribution is 5.71. The summed E-state index contributed by atoms with van der Waals surface area (Å²) >= 11 is 0. The Morgan fingerprint density at radius 2 is 1.40 bits per heavy atom. The maximum absolute atomic E-state index is 9.00. The van der Waals surface area contributed by atoms with E-state index in [9.17, 15) is 0 Å². The second-order valence-electron chi connectivity index (χ2n) is 0.974. The first-order valence-electron chi connectivity index (χ1n) is 2.33. The van der Waals surface area contributed by atoms with Gasteiger partial charge in [-0.2, -0.15) is 0 Å². The molecule has 0 heterocycles. The molecule has 0 aliphatic carbocycles. The van der Waals surface area contributed by atoms with Crippen molar-refractivity contribution in [2.75, 3.05) is 7.05 Å². The van der Waals surface area contributed by atoms with Crippen LogP contribution in [0.4, 0.5) is 0 Å². The Kier molecular flexibility index (Phi) is 24.8. The van der Waals surface area contributed by atoms with Crippen molar-refractivity contribution in [3.63, 3.8) is 0 Å². The number of carboxylic acids is 1. The number of guanidine groups is 1. The summed E-state index contributed by atoms with van der Waals surface area (Å²) in [6.07, 6.45) is 0. The first-order chi connectivity index (χ1) is 4.46. The molecule has 6 heteroatoms. The van der Waals surface area contributed by atoms with Gasteiger partial charge in [-0.1, -0.05) is 0 Å². The normalized spacial score (nSPS) is 5.50. The minimum Gasteiger partial charge on any atom is -0.481 e. The van der Waals surface area contributed by atoms with Crippen molar-refractivity contribution < 1.29 is 9.90 Å². The van der Waals surface area contributed by atoms with Gasteiger partial charge in [-0.05, 0) is 7.05 Å². The molecule has 0 radical (unpaired) electrons. The van der Waals surface area contributed by atoms with E-state index in [1.165, 1.54) is 7.05 Å². The summed E-state index contributed by atoms with van der Waals surface area (Å²) in [7, 11) is 1.50. The summed E-state index contributed by atoms with van der Waals surface area (Å²) in [6.45, 7) is 1.08. The number of carboxylic acid groups (broad SMARTS) is 1. The molecule has 0 bridgehead atoms. The van der Waals surface area contributed by atoms with Crippen molar-refractivity contribution in [1.82, 2.24) is 0 Å². The number of rotatable bonds is 0. The summed E-state index contributed by atoms with van der Waals surface area (Å²) in [6, 6.07) is 0. The van der Waals surface area contributed by atoms with Crippen LogP contribution in [-0.4, -0.2) is 24.1 Å². The lowest BCUT2D eigenvalue weighted by atomic mass is 10.9. The van der Waals surface area contributed by atoms with Crippen LogP contribution in [-0.2, 0) is 4.79 Å². The van der Waals surface area contributed by atoms with Gasteiger partial charge in [0.05, 0.1) is 0 Å². The van der Waals surface area contributed by atoms with Crippen molar-refractivity contribution in [3.8, 4) is 0 Å². The van der Waals surface area contributed by atoms with E-state index in [1.54, 1.807) is 0 Å². The molecule has 0 atom stereocenters. The largest absolute Gasteiger partial charge is 0.481 e. The van der Waals surface area contributed by atoms with Crippen molar-refractivity contribution in [2.45, 2.75) is 6.92 Å². The van der Waals surface area contributed by atoms with E-state index in [2.05, 4.69) is 17.2 Å². The van der Waals surface area contributed by atoms with Gasteiger partial charge >= 0.3 is 0 Å². The molecule has 0 fully saturated rings. The maximum atomic E-state index is 9.00. The SMILES string of the molecule is CC(=O)O.CN.N=C(N)N. The van der Waals surface area contributed by atoms with Gasteiger partial charge in [-0.25, -0.2) is 0 Å². The molecule has 0 aromatic carbocycles. The molecule has 0 aliphatic rings. The molecule has 0 aromatic heterocycles. The molecule has 0 aliphatic heterocycles. The van der Waals surface area contributed by atoms with Gasteiger partial charge in [-0.15, -0.1) is 0 Å². The van der Waals surface area contributed by atoms with Crippen molar-refractivity contribution >= 4 is 11.9 Å². The van der Waals surface area contributed by atoms with Gasteiger partial charge in [0, 0.05) is 6.92 Å². The number of nitrogens with one attached hydrogen (secondary N) is 1. The lowest BCUT2D eigenvalue weighted by Crippen LogP contribution is -2.20. The zero-order valence-corrected chi connectivity index (χ0v) is 6.09. The van der Waals surface area contributed by atoms with Gasteiger partial charge in [0.1, 0.15) is 0 Å². The number of aliphatic carboxylic acids is 1. The molecule has 8 N–H and O–H groups in total. The lowest BCUT2D eigenvalue weighted by molar-refractivity contribution is -0.134. The van der Waals surface area contributed by atoms with E-state index in [-0.39, 0.29) is 5.96 Å². The Bertz CT molecular complexity index is 73.3. The van der Waals surface area contributed by atoms with Crippen LogP contribution in [0.2, 0.25) is 0 Å². The maximum Gasteiger partial charge on any atom is 0.300 e. The van der Waals surface area contributed by atoms with Crippen LogP contribution in [0.3, 0.4) is 0 Å². The predicted octanol–water partition coefficient (Wildman–Crippen LogP) is -1.50. The summed E-state index contributed by atoms with van der Waals surface area (Å²) in [5.74, 6) is -1.17. The molecule has 6 nitrogen and oxygen atoms in total. The first kappa shape index (κ1) is 15.9. The molecule has 0 rings (SSSR count). The van der Waals surface area contributed by atoms with Crippen molar-refractivity contribution in [3.05, 3.63) is 0 Å². The molecule has 0 saturated carbocycles. The third-order valence-electron chi connectivity index (χ3n) is 0. The second-order valence-corrected chi connectivity index (χ2v) is 0.974. The van der Waals surface area contributed by atoms with E-state index in [4.69, 9.17) is 15.3 Å². The van der Waals surface area contributed by atoms with Gasteiger partial charge in [0.25, 0.3) is 5.97 Å². The van der Waals surface area contributed by atoms with Crippen LogP contribution in [0.1, 0.15) is 6.92 Å². The topological polar surface area (TPSA) is 139 Å². The predicted molar refractivity (Wildman–Crippen MR) is 39.5 cm³/mol. The summed E-state index contributed by atoms with van der Waals surface area (Å²) in [5, 5.41) is 13.5. The molecule has 0 aromatic rings. The minimum atomic E-state index is -0.833. The van der Waals surface area contributed by atoms with E-state index in [0.717, 1.165) is 6.92 Å². The zero-order valence-electron chi connectivity index (χ0n) is 6.09. The summed E-state index contributed by atoms with van der Waals surface area (Å²) in [4.78, 5) is 9.00. The van der Waals surface area contributed by atoms with E-state index < -0.39 is 5.97 Å². The number of nitrogens with two attached hydrogens (primary N) is 3. The monoisotopic (exact) mass is 150 g/mol. The quantitative estimate of drug-likeness (QED) is 0.211. The van der Waals surface area contributed by atoms with Crippen LogP contribution in [0, 0.1) is 5.41 Å². The minimum absolute atomic E-state index is 0.333. The molecular formula is C4H14N4O2. The highest BCUT2D eigenvalue weighted by atomic mass is 16.4. The number of hydrogen-bond acceptors (Lipinski definition) is 3. The fourth-order valence-electron chi connectivity index (χ4n) is 0. The van der Waals surface area contributed by atoms with Gasteiger partial charge in [0.15, 0.2) is 5.96 Å². The lowest BCUT2D eigenvalue weighted by Gasteiger charge is -1.69. The molecule has 0 amide bonds. The van der Waals surface area contributed by atoms with Crippen molar-refractivity contribution in [1.29, 1.82) is 5.41 Å². The fourth-order valence-corrected chi connectivity index (χ4v) is 0. The number of carbonyl (C=O) groups is 1. The van der Waals surface area contributed by atoms with Crippen molar-refractivity contribution in [2.24, 2.45) is 17.2 Å².